The van der Waals surface area contributed by atoms with E-state index in [1.807, 2.05) is 18.2 Å². The number of esters is 1. The molecule has 2 aliphatic carbocycles. The second kappa shape index (κ2) is 6.18. The van der Waals surface area contributed by atoms with Crippen molar-refractivity contribution in [3.63, 3.8) is 0 Å². The Morgan fingerprint density at radius 3 is 2.67 bits per heavy atom. The fourth-order valence-electron chi connectivity index (χ4n) is 3.77. The standard InChI is InChI=1S/C18H25NO2/c1-21-17(20)18(19-13-14-6-3-2-4-7-14)11-5-8-16(12-18)15-9-10-15/h2-4,6-7,15-16,19H,5,8-13H2,1H3. The van der Waals surface area contributed by atoms with Gasteiger partial charge in [-0.15, -0.1) is 0 Å². The normalized spacial score (nSPS) is 29.1. The Bertz CT molecular complexity index is 483. The Hall–Kier alpha value is -1.35. The summed E-state index contributed by atoms with van der Waals surface area (Å²) in [4.78, 5) is 12.4. The SMILES string of the molecule is COC(=O)C1(NCc2ccccc2)CCCC(C2CC2)C1. The maximum Gasteiger partial charge on any atom is 0.326 e. The summed E-state index contributed by atoms with van der Waals surface area (Å²) in [5, 5.41) is 3.54. The van der Waals surface area contributed by atoms with Crippen LogP contribution in [0.4, 0.5) is 0 Å². The first-order valence-electron chi connectivity index (χ1n) is 8.11. The number of hydrogen-bond donors (Lipinski definition) is 1. The van der Waals surface area contributed by atoms with Gasteiger partial charge in [0.2, 0.25) is 0 Å². The predicted molar refractivity (Wildman–Crippen MR) is 82.7 cm³/mol. The zero-order valence-corrected chi connectivity index (χ0v) is 12.8. The molecule has 0 heterocycles. The van der Waals surface area contributed by atoms with Crippen LogP contribution < -0.4 is 5.32 Å². The van der Waals surface area contributed by atoms with Crippen LogP contribution in [0, 0.1) is 11.8 Å². The molecule has 0 saturated heterocycles. The van der Waals surface area contributed by atoms with Crippen molar-refractivity contribution in [1.82, 2.24) is 5.32 Å². The lowest BCUT2D eigenvalue weighted by molar-refractivity contribution is -0.151. The van der Waals surface area contributed by atoms with Crippen molar-refractivity contribution in [3.8, 4) is 0 Å². The lowest BCUT2D eigenvalue weighted by Crippen LogP contribution is -2.55. The van der Waals surface area contributed by atoms with E-state index in [4.69, 9.17) is 4.74 Å². The Morgan fingerprint density at radius 2 is 2.00 bits per heavy atom. The molecule has 0 spiro atoms. The molecule has 1 aromatic rings. The van der Waals surface area contributed by atoms with E-state index >= 15 is 0 Å². The van der Waals surface area contributed by atoms with Crippen LogP contribution >= 0.6 is 0 Å². The first kappa shape index (κ1) is 14.6. The molecule has 2 aliphatic rings. The molecular formula is C18H25NO2. The molecule has 1 N–H and O–H groups in total. The summed E-state index contributed by atoms with van der Waals surface area (Å²) in [6, 6.07) is 10.3. The maximum atomic E-state index is 12.4. The number of methoxy groups -OCH3 is 1. The van der Waals surface area contributed by atoms with Crippen LogP contribution in [0.25, 0.3) is 0 Å². The summed E-state index contributed by atoms with van der Waals surface area (Å²) >= 11 is 0. The summed E-state index contributed by atoms with van der Waals surface area (Å²) in [5.41, 5.74) is 0.741. The van der Waals surface area contributed by atoms with Gasteiger partial charge >= 0.3 is 5.97 Å². The lowest BCUT2D eigenvalue weighted by atomic mass is 9.73. The van der Waals surface area contributed by atoms with Gasteiger partial charge in [0.1, 0.15) is 5.54 Å². The number of nitrogens with one attached hydrogen (secondary N) is 1. The quantitative estimate of drug-likeness (QED) is 0.845. The van der Waals surface area contributed by atoms with Gasteiger partial charge in [0.15, 0.2) is 0 Å². The third kappa shape index (κ3) is 3.29. The van der Waals surface area contributed by atoms with Gasteiger partial charge in [-0.2, -0.15) is 0 Å². The van der Waals surface area contributed by atoms with E-state index in [0.29, 0.717) is 5.92 Å². The van der Waals surface area contributed by atoms with E-state index in [9.17, 15) is 4.79 Å². The highest BCUT2D eigenvalue weighted by Crippen LogP contribution is 2.46. The molecule has 3 nitrogen and oxygen atoms in total. The second-order valence-corrected chi connectivity index (χ2v) is 6.61. The zero-order valence-electron chi connectivity index (χ0n) is 12.8. The number of carbonyl (C=O) groups excluding carboxylic acids is 1. The minimum absolute atomic E-state index is 0.0798. The van der Waals surface area contributed by atoms with E-state index in [1.165, 1.54) is 31.9 Å². The Kier molecular flexibility index (Phi) is 4.29. The third-order valence-electron chi connectivity index (χ3n) is 5.13. The van der Waals surface area contributed by atoms with Crippen molar-refractivity contribution in [2.75, 3.05) is 7.11 Å². The van der Waals surface area contributed by atoms with Crippen molar-refractivity contribution in [2.24, 2.45) is 11.8 Å². The monoisotopic (exact) mass is 287 g/mol. The van der Waals surface area contributed by atoms with Crippen molar-refractivity contribution in [2.45, 2.75) is 50.6 Å². The summed E-state index contributed by atoms with van der Waals surface area (Å²) in [5.74, 6) is 1.47. The highest BCUT2D eigenvalue weighted by molar-refractivity contribution is 5.81. The molecule has 2 atom stereocenters. The Labute approximate surface area is 127 Å². The van der Waals surface area contributed by atoms with Gasteiger partial charge < -0.3 is 4.74 Å². The van der Waals surface area contributed by atoms with Gasteiger partial charge in [0.05, 0.1) is 7.11 Å². The van der Waals surface area contributed by atoms with Gasteiger partial charge in [-0.25, -0.2) is 0 Å². The molecule has 0 radical (unpaired) electrons. The van der Waals surface area contributed by atoms with E-state index in [1.54, 1.807) is 0 Å². The van der Waals surface area contributed by atoms with E-state index in [2.05, 4.69) is 17.4 Å². The summed E-state index contributed by atoms with van der Waals surface area (Å²) in [7, 11) is 1.51. The molecule has 3 rings (SSSR count). The van der Waals surface area contributed by atoms with Gasteiger partial charge in [-0.05, 0) is 43.1 Å². The fourth-order valence-corrected chi connectivity index (χ4v) is 3.77. The molecule has 114 valence electrons. The first-order chi connectivity index (χ1) is 10.2. The molecule has 2 unspecified atom stereocenters. The highest BCUT2D eigenvalue weighted by Gasteiger charge is 2.46. The number of ether oxygens (including phenoxy) is 1. The second-order valence-electron chi connectivity index (χ2n) is 6.61. The average Bonchev–Trinajstić information content (AvgIpc) is 3.38. The van der Waals surface area contributed by atoms with Crippen molar-refractivity contribution >= 4 is 5.97 Å². The van der Waals surface area contributed by atoms with E-state index in [0.717, 1.165) is 31.7 Å². The fraction of sp³-hybridized carbons (Fsp3) is 0.611. The number of carbonyl (C=O) groups is 1. The minimum Gasteiger partial charge on any atom is -0.468 e. The smallest absolute Gasteiger partial charge is 0.326 e. The van der Waals surface area contributed by atoms with Crippen LogP contribution in [0.3, 0.4) is 0 Å². The summed E-state index contributed by atoms with van der Waals surface area (Å²) < 4.78 is 5.13. The van der Waals surface area contributed by atoms with Crippen LogP contribution in [-0.2, 0) is 16.1 Å². The van der Waals surface area contributed by atoms with E-state index < -0.39 is 5.54 Å². The number of hydrogen-bond acceptors (Lipinski definition) is 3. The van der Waals surface area contributed by atoms with Gasteiger partial charge in [0, 0.05) is 6.54 Å². The maximum absolute atomic E-state index is 12.4. The van der Waals surface area contributed by atoms with Gasteiger partial charge in [0.25, 0.3) is 0 Å². The topological polar surface area (TPSA) is 38.3 Å². The Morgan fingerprint density at radius 1 is 1.24 bits per heavy atom. The Balaban J connectivity index is 1.71. The van der Waals surface area contributed by atoms with Crippen LogP contribution in [-0.4, -0.2) is 18.6 Å². The molecule has 0 aromatic heterocycles. The molecule has 0 aliphatic heterocycles. The van der Waals surface area contributed by atoms with Crippen LogP contribution in [0.2, 0.25) is 0 Å². The molecule has 1 aromatic carbocycles. The van der Waals surface area contributed by atoms with Crippen molar-refractivity contribution in [1.29, 1.82) is 0 Å². The molecule has 21 heavy (non-hydrogen) atoms. The summed E-state index contributed by atoms with van der Waals surface area (Å²) in [6.45, 7) is 0.729. The number of rotatable bonds is 5. The molecular weight excluding hydrogens is 262 g/mol. The first-order valence-corrected chi connectivity index (χ1v) is 8.11. The molecule has 2 fully saturated rings. The molecule has 3 heteroatoms. The van der Waals surface area contributed by atoms with Crippen LogP contribution in [0.15, 0.2) is 30.3 Å². The van der Waals surface area contributed by atoms with Crippen LogP contribution in [0.5, 0.6) is 0 Å². The minimum atomic E-state index is -0.476. The highest BCUT2D eigenvalue weighted by atomic mass is 16.5. The lowest BCUT2D eigenvalue weighted by Gasteiger charge is -2.39. The number of benzene rings is 1. The average molecular weight is 287 g/mol. The predicted octanol–water partition coefficient (Wildman–Crippen LogP) is 3.29. The van der Waals surface area contributed by atoms with Gasteiger partial charge in [-0.3, -0.25) is 10.1 Å². The van der Waals surface area contributed by atoms with Crippen LogP contribution in [0.1, 0.15) is 44.1 Å². The van der Waals surface area contributed by atoms with Crippen molar-refractivity contribution in [3.05, 3.63) is 35.9 Å². The zero-order chi connectivity index (χ0) is 14.7. The van der Waals surface area contributed by atoms with Gasteiger partial charge in [-0.1, -0.05) is 43.2 Å². The molecule has 0 amide bonds. The summed E-state index contributed by atoms with van der Waals surface area (Å²) in [6.07, 6.45) is 6.93. The molecule has 2 saturated carbocycles. The third-order valence-corrected chi connectivity index (χ3v) is 5.13. The van der Waals surface area contributed by atoms with E-state index in [-0.39, 0.29) is 5.97 Å². The van der Waals surface area contributed by atoms with Crippen molar-refractivity contribution < 1.29 is 9.53 Å². The largest absolute Gasteiger partial charge is 0.468 e. The molecule has 0 bridgehead atoms.